The van der Waals surface area contributed by atoms with Gasteiger partial charge in [0.05, 0.1) is 0 Å². The number of carboxylic acid groups (broad SMARTS) is 1. The van der Waals surface area contributed by atoms with Crippen LogP contribution in [0.4, 0.5) is 0 Å². The molecular weight excluding hydrogens is 208 g/mol. The molecule has 4 heteroatoms. The number of carbonyl (C=O) groups is 1. The van der Waals surface area contributed by atoms with Crippen molar-refractivity contribution in [3.05, 3.63) is 22.8 Å². The quantitative estimate of drug-likeness (QED) is 0.825. The molecule has 0 bridgehead atoms. The van der Waals surface area contributed by atoms with Crippen molar-refractivity contribution in [2.24, 2.45) is 0 Å². The third kappa shape index (κ3) is 2.27. The van der Waals surface area contributed by atoms with Crippen LogP contribution in [0.3, 0.4) is 0 Å². The average Bonchev–Trinajstić information content (AvgIpc) is 2.22. The van der Waals surface area contributed by atoms with Gasteiger partial charge in [-0.25, -0.2) is 4.79 Å². The first-order chi connectivity index (χ1) is 7.34. The highest BCUT2D eigenvalue weighted by Gasteiger charge is 2.16. The molecule has 0 aromatic heterocycles. The molecule has 1 unspecified atom stereocenters. The number of rotatable bonds is 3. The highest BCUT2D eigenvalue weighted by molar-refractivity contribution is 5.72. The maximum Gasteiger partial charge on any atom is 0.344 e. The second-order valence-corrected chi connectivity index (χ2v) is 3.89. The molecule has 0 radical (unpaired) electrons. The molecule has 0 saturated carbocycles. The molecule has 0 aliphatic heterocycles. The number of aryl methyl sites for hydroxylation is 1. The molecule has 1 aromatic rings. The highest BCUT2D eigenvalue weighted by atomic mass is 16.5. The standard InChI is InChI=1S/C12H16O4/c1-6-5-10(16-9(4)12(14)15)7(2)8(3)11(6)13/h5,9,13H,1-4H3,(H,14,15). The molecule has 0 aliphatic carbocycles. The van der Waals surface area contributed by atoms with Crippen LogP contribution in [0.1, 0.15) is 23.6 Å². The van der Waals surface area contributed by atoms with Crippen molar-refractivity contribution in [3.63, 3.8) is 0 Å². The van der Waals surface area contributed by atoms with Crippen LogP contribution < -0.4 is 4.74 Å². The Hall–Kier alpha value is -1.71. The van der Waals surface area contributed by atoms with Crippen LogP contribution in [0.25, 0.3) is 0 Å². The van der Waals surface area contributed by atoms with Crippen molar-refractivity contribution < 1.29 is 19.7 Å². The summed E-state index contributed by atoms with van der Waals surface area (Å²) in [6.45, 7) is 6.79. The second-order valence-electron chi connectivity index (χ2n) is 3.89. The lowest BCUT2D eigenvalue weighted by atomic mass is 10.0. The summed E-state index contributed by atoms with van der Waals surface area (Å²) in [4.78, 5) is 10.7. The van der Waals surface area contributed by atoms with E-state index in [4.69, 9.17) is 9.84 Å². The molecule has 0 fully saturated rings. The Morgan fingerprint density at radius 1 is 1.31 bits per heavy atom. The highest BCUT2D eigenvalue weighted by Crippen LogP contribution is 2.32. The summed E-state index contributed by atoms with van der Waals surface area (Å²) in [5.41, 5.74) is 2.15. The van der Waals surface area contributed by atoms with E-state index in [1.807, 2.05) is 0 Å². The Labute approximate surface area is 94.5 Å². The van der Waals surface area contributed by atoms with Crippen LogP contribution in [-0.4, -0.2) is 22.3 Å². The van der Waals surface area contributed by atoms with Gasteiger partial charge >= 0.3 is 5.97 Å². The Bertz CT molecular complexity index is 424. The number of phenolic OH excluding ortho intramolecular Hbond substituents is 1. The van der Waals surface area contributed by atoms with Gasteiger partial charge in [-0.3, -0.25) is 0 Å². The molecule has 1 aromatic carbocycles. The second kappa shape index (κ2) is 4.43. The fourth-order valence-corrected chi connectivity index (χ4v) is 1.39. The van der Waals surface area contributed by atoms with Gasteiger partial charge in [0.2, 0.25) is 0 Å². The molecule has 16 heavy (non-hydrogen) atoms. The Morgan fingerprint density at radius 3 is 2.38 bits per heavy atom. The van der Waals surface area contributed by atoms with E-state index >= 15 is 0 Å². The molecule has 4 nitrogen and oxygen atoms in total. The fourth-order valence-electron chi connectivity index (χ4n) is 1.39. The molecular formula is C12H16O4. The van der Waals surface area contributed by atoms with E-state index in [9.17, 15) is 9.90 Å². The number of carboxylic acids is 1. The minimum atomic E-state index is -1.01. The maximum atomic E-state index is 10.7. The monoisotopic (exact) mass is 224 g/mol. The van der Waals surface area contributed by atoms with E-state index in [0.717, 1.165) is 5.56 Å². The van der Waals surface area contributed by atoms with E-state index < -0.39 is 12.1 Å². The summed E-state index contributed by atoms with van der Waals surface area (Å²) in [5, 5.41) is 18.4. The zero-order valence-electron chi connectivity index (χ0n) is 9.87. The fraction of sp³-hybridized carbons (Fsp3) is 0.417. The number of benzene rings is 1. The zero-order chi connectivity index (χ0) is 12.5. The zero-order valence-corrected chi connectivity index (χ0v) is 9.87. The van der Waals surface area contributed by atoms with Crippen LogP contribution in [0.5, 0.6) is 11.5 Å². The molecule has 1 atom stereocenters. The van der Waals surface area contributed by atoms with E-state index in [1.54, 1.807) is 26.8 Å². The third-order valence-corrected chi connectivity index (χ3v) is 2.66. The third-order valence-electron chi connectivity index (χ3n) is 2.66. The number of phenols is 1. The lowest BCUT2D eigenvalue weighted by Crippen LogP contribution is -2.23. The number of hydrogen-bond acceptors (Lipinski definition) is 3. The van der Waals surface area contributed by atoms with Gasteiger partial charge in [-0.15, -0.1) is 0 Å². The summed E-state index contributed by atoms with van der Waals surface area (Å²) in [6, 6.07) is 1.65. The first kappa shape index (κ1) is 12.4. The molecule has 0 spiro atoms. The Morgan fingerprint density at radius 2 is 1.88 bits per heavy atom. The smallest absolute Gasteiger partial charge is 0.344 e. The predicted octanol–water partition coefficient (Wildman–Crippen LogP) is 2.17. The first-order valence-electron chi connectivity index (χ1n) is 5.03. The van der Waals surface area contributed by atoms with E-state index in [1.165, 1.54) is 6.92 Å². The van der Waals surface area contributed by atoms with Crippen molar-refractivity contribution in [2.75, 3.05) is 0 Å². The van der Waals surface area contributed by atoms with E-state index in [2.05, 4.69) is 0 Å². The van der Waals surface area contributed by atoms with Gasteiger partial charge in [-0.1, -0.05) is 0 Å². The van der Waals surface area contributed by atoms with Crippen LogP contribution >= 0.6 is 0 Å². The van der Waals surface area contributed by atoms with Gasteiger partial charge in [0.1, 0.15) is 11.5 Å². The summed E-state index contributed by atoms with van der Waals surface area (Å²) in [5.74, 6) is -0.279. The van der Waals surface area contributed by atoms with Gasteiger partial charge in [-0.2, -0.15) is 0 Å². The van der Waals surface area contributed by atoms with Crippen LogP contribution in [-0.2, 0) is 4.79 Å². The molecule has 2 N–H and O–H groups in total. The Balaban J connectivity index is 3.11. The van der Waals surface area contributed by atoms with Crippen molar-refractivity contribution in [2.45, 2.75) is 33.8 Å². The number of ether oxygens (including phenoxy) is 1. The molecule has 1 rings (SSSR count). The predicted molar refractivity (Wildman–Crippen MR) is 60.0 cm³/mol. The van der Waals surface area contributed by atoms with Gasteiger partial charge in [0.15, 0.2) is 6.10 Å². The summed E-state index contributed by atoms with van der Waals surface area (Å²) < 4.78 is 5.31. The molecule has 88 valence electrons. The van der Waals surface area contributed by atoms with E-state index in [0.29, 0.717) is 16.9 Å². The SMILES string of the molecule is Cc1cc(OC(C)C(=O)O)c(C)c(C)c1O. The number of hydrogen-bond donors (Lipinski definition) is 2. The summed E-state index contributed by atoms with van der Waals surface area (Å²) in [6.07, 6.45) is -0.901. The minimum Gasteiger partial charge on any atom is -0.507 e. The summed E-state index contributed by atoms with van der Waals surface area (Å²) >= 11 is 0. The maximum absolute atomic E-state index is 10.7. The normalized spacial score (nSPS) is 12.2. The van der Waals surface area contributed by atoms with Gasteiger partial charge < -0.3 is 14.9 Å². The van der Waals surface area contributed by atoms with Crippen LogP contribution in [0.2, 0.25) is 0 Å². The number of aromatic hydroxyl groups is 1. The van der Waals surface area contributed by atoms with Crippen molar-refractivity contribution in [3.8, 4) is 11.5 Å². The molecule has 0 aliphatic rings. The Kier molecular flexibility index (Phi) is 3.42. The van der Waals surface area contributed by atoms with Crippen LogP contribution in [0.15, 0.2) is 6.07 Å². The van der Waals surface area contributed by atoms with Crippen molar-refractivity contribution in [1.29, 1.82) is 0 Å². The molecule has 0 saturated heterocycles. The van der Waals surface area contributed by atoms with Gasteiger partial charge in [-0.05, 0) is 50.5 Å². The van der Waals surface area contributed by atoms with Gasteiger partial charge in [0, 0.05) is 0 Å². The largest absolute Gasteiger partial charge is 0.507 e. The number of aliphatic carboxylic acids is 1. The average molecular weight is 224 g/mol. The lowest BCUT2D eigenvalue weighted by molar-refractivity contribution is -0.144. The topological polar surface area (TPSA) is 66.8 Å². The van der Waals surface area contributed by atoms with Crippen molar-refractivity contribution in [1.82, 2.24) is 0 Å². The molecule has 0 amide bonds. The lowest BCUT2D eigenvalue weighted by Gasteiger charge is -2.16. The van der Waals surface area contributed by atoms with Crippen molar-refractivity contribution >= 4 is 5.97 Å². The first-order valence-corrected chi connectivity index (χ1v) is 5.03. The van der Waals surface area contributed by atoms with E-state index in [-0.39, 0.29) is 5.75 Å². The summed E-state index contributed by atoms with van der Waals surface area (Å²) in [7, 11) is 0. The van der Waals surface area contributed by atoms with Crippen LogP contribution in [0, 0.1) is 20.8 Å². The molecule has 0 heterocycles. The van der Waals surface area contributed by atoms with Gasteiger partial charge in [0.25, 0.3) is 0 Å². The minimum absolute atomic E-state index is 0.229.